The van der Waals surface area contributed by atoms with Gasteiger partial charge in [0.1, 0.15) is 0 Å². The number of anilines is 2. The SMILES string of the molecule is CCC1CCC(Nc2cc(C(=O)O)ccc2N)C1C. The Bertz CT molecular complexity index is 473. The summed E-state index contributed by atoms with van der Waals surface area (Å²) in [6.45, 7) is 4.49. The zero-order valence-corrected chi connectivity index (χ0v) is 11.5. The predicted octanol–water partition coefficient (Wildman–Crippen LogP) is 3.20. The van der Waals surface area contributed by atoms with Crippen LogP contribution in [0.5, 0.6) is 0 Å². The van der Waals surface area contributed by atoms with Gasteiger partial charge in [0.2, 0.25) is 0 Å². The Hall–Kier alpha value is -1.71. The summed E-state index contributed by atoms with van der Waals surface area (Å²) in [6.07, 6.45) is 3.55. The molecule has 104 valence electrons. The van der Waals surface area contributed by atoms with E-state index in [4.69, 9.17) is 10.8 Å². The quantitative estimate of drug-likeness (QED) is 0.728. The van der Waals surface area contributed by atoms with Crippen LogP contribution in [-0.2, 0) is 0 Å². The first-order chi connectivity index (χ1) is 9.02. The second-order valence-corrected chi connectivity index (χ2v) is 5.46. The number of aromatic carboxylic acids is 1. The first-order valence-electron chi connectivity index (χ1n) is 6.92. The summed E-state index contributed by atoms with van der Waals surface area (Å²) >= 11 is 0. The van der Waals surface area contributed by atoms with Crippen LogP contribution in [-0.4, -0.2) is 17.1 Å². The van der Waals surface area contributed by atoms with Crippen LogP contribution in [0, 0.1) is 11.8 Å². The van der Waals surface area contributed by atoms with Crippen LogP contribution in [0.4, 0.5) is 11.4 Å². The molecule has 0 bridgehead atoms. The maximum atomic E-state index is 11.0. The highest BCUT2D eigenvalue weighted by molar-refractivity contribution is 5.90. The number of carboxylic acid groups (broad SMARTS) is 1. The number of hydrogen-bond donors (Lipinski definition) is 3. The first kappa shape index (κ1) is 13.7. The summed E-state index contributed by atoms with van der Waals surface area (Å²) in [7, 11) is 0. The number of nitrogens with one attached hydrogen (secondary N) is 1. The molecule has 0 spiro atoms. The molecule has 0 radical (unpaired) electrons. The molecule has 4 heteroatoms. The fourth-order valence-electron chi connectivity index (χ4n) is 3.04. The molecule has 0 aliphatic heterocycles. The van der Waals surface area contributed by atoms with Crippen LogP contribution in [0.3, 0.4) is 0 Å². The summed E-state index contributed by atoms with van der Waals surface area (Å²) in [5.74, 6) is 0.424. The number of nitrogens with two attached hydrogens (primary N) is 1. The van der Waals surface area contributed by atoms with E-state index in [9.17, 15) is 4.79 Å². The highest BCUT2D eigenvalue weighted by Crippen LogP contribution is 2.36. The van der Waals surface area contributed by atoms with Crippen molar-refractivity contribution in [2.45, 2.75) is 39.2 Å². The lowest BCUT2D eigenvalue weighted by Gasteiger charge is -2.23. The van der Waals surface area contributed by atoms with Crippen molar-refractivity contribution in [2.75, 3.05) is 11.1 Å². The number of benzene rings is 1. The molecule has 1 aromatic carbocycles. The minimum Gasteiger partial charge on any atom is -0.478 e. The molecule has 4 N–H and O–H groups in total. The molecule has 1 aliphatic carbocycles. The Morgan fingerprint density at radius 3 is 2.79 bits per heavy atom. The number of carbonyl (C=O) groups is 1. The van der Waals surface area contributed by atoms with Crippen LogP contribution in [0.1, 0.15) is 43.5 Å². The molecule has 3 atom stereocenters. The van der Waals surface area contributed by atoms with Crippen molar-refractivity contribution in [3.63, 3.8) is 0 Å². The van der Waals surface area contributed by atoms with Gasteiger partial charge in [-0.1, -0.05) is 20.3 Å². The molecule has 2 rings (SSSR count). The number of rotatable bonds is 4. The van der Waals surface area contributed by atoms with Gasteiger partial charge in [0.15, 0.2) is 0 Å². The van der Waals surface area contributed by atoms with Gasteiger partial charge in [0.25, 0.3) is 0 Å². The van der Waals surface area contributed by atoms with E-state index in [1.165, 1.54) is 18.9 Å². The maximum absolute atomic E-state index is 11.0. The van der Waals surface area contributed by atoms with Crippen LogP contribution in [0.25, 0.3) is 0 Å². The predicted molar refractivity (Wildman–Crippen MR) is 77.4 cm³/mol. The molecule has 4 nitrogen and oxygen atoms in total. The van der Waals surface area contributed by atoms with Crippen molar-refractivity contribution in [2.24, 2.45) is 11.8 Å². The largest absolute Gasteiger partial charge is 0.478 e. The highest BCUT2D eigenvalue weighted by atomic mass is 16.4. The van der Waals surface area contributed by atoms with Gasteiger partial charge in [0.05, 0.1) is 16.9 Å². The monoisotopic (exact) mass is 262 g/mol. The van der Waals surface area contributed by atoms with Crippen molar-refractivity contribution in [3.05, 3.63) is 23.8 Å². The van der Waals surface area contributed by atoms with Crippen molar-refractivity contribution >= 4 is 17.3 Å². The second kappa shape index (κ2) is 5.51. The van der Waals surface area contributed by atoms with Gasteiger partial charge in [0, 0.05) is 6.04 Å². The van der Waals surface area contributed by atoms with E-state index < -0.39 is 5.97 Å². The molecule has 0 saturated heterocycles. The van der Waals surface area contributed by atoms with Crippen LogP contribution in [0.2, 0.25) is 0 Å². The Morgan fingerprint density at radius 2 is 2.21 bits per heavy atom. The molecule has 1 saturated carbocycles. The number of carboxylic acids is 1. The Balaban J connectivity index is 2.15. The fraction of sp³-hybridized carbons (Fsp3) is 0.533. The molecule has 1 fully saturated rings. The van der Waals surface area contributed by atoms with Gasteiger partial charge in [-0.05, 0) is 42.9 Å². The molecule has 19 heavy (non-hydrogen) atoms. The van der Waals surface area contributed by atoms with Crippen LogP contribution < -0.4 is 11.1 Å². The van der Waals surface area contributed by atoms with Crippen molar-refractivity contribution in [1.29, 1.82) is 0 Å². The van der Waals surface area contributed by atoms with Crippen molar-refractivity contribution < 1.29 is 9.90 Å². The first-order valence-corrected chi connectivity index (χ1v) is 6.92. The molecule has 0 aromatic heterocycles. The Kier molecular flexibility index (Phi) is 3.98. The summed E-state index contributed by atoms with van der Waals surface area (Å²) in [5.41, 5.74) is 7.55. The molecule has 1 aromatic rings. The van der Waals surface area contributed by atoms with Crippen LogP contribution >= 0.6 is 0 Å². The molecule has 0 amide bonds. The Morgan fingerprint density at radius 1 is 1.47 bits per heavy atom. The zero-order valence-electron chi connectivity index (χ0n) is 11.5. The number of nitrogen functional groups attached to an aromatic ring is 1. The molecular weight excluding hydrogens is 240 g/mol. The van der Waals surface area contributed by atoms with Gasteiger partial charge in [-0.15, -0.1) is 0 Å². The van der Waals surface area contributed by atoms with Crippen molar-refractivity contribution in [1.82, 2.24) is 0 Å². The minimum absolute atomic E-state index is 0.273. The lowest BCUT2D eigenvalue weighted by molar-refractivity contribution is 0.0697. The van der Waals surface area contributed by atoms with Gasteiger partial charge in [-0.2, -0.15) is 0 Å². The maximum Gasteiger partial charge on any atom is 0.335 e. The summed E-state index contributed by atoms with van der Waals surface area (Å²) < 4.78 is 0. The van der Waals surface area contributed by atoms with Crippen molar-refractivity contribution in [3.8, 4) is 0 Å². The number of hydrogen-bond acceptors (Lipinski definition) is 3. The normalized spacial score (nSPS) is 26.3. The topological polar surface area (TPSA) is 75.3 Å². The average Bonchev–Trinajstić information content (AvgIpc) is 2.73. The summed E-state index contributed by atoms with van der Waals surface area (Å²) in [5, 5.41) is 12.5. The Labute approximate surface area is 114 Å². The standard InChI is InChI=1S/C15H22N2O2/c1-3-10-5-7-13(9(10)2)17-14-8-11(15(18)19)4-6-12(14)16/h4,6,8-10,13,17H,3,5,7,16H2,1-2H3,(H,18,19). The van der Waals surface area contributed by atoms with E-state index in [-0.39, 0.29) is 5.56 Å². The second-order valence-electron chi connectivity index (χ2n) is 5.46. The van der Waals surface area contributed by atoms with E-state index in [0.29, 0.717) is 17.6 Å². The van der Waals surface area contributed by atoms with E-state index in [2.05, 4.69) is 19.2 Å². The smallest absolute Gasteiger partial charge is 0.335 e. The van der Waals surface area contributed by atoms with E-state index >= 15 is 0 Å². The third kappa shape index (κ3) is 2.83. The zero-order chi connectivity index (χ0) is 14.0. The van der Waals surface area contributed by atoms with Crippen LogP contribution in [0.15, 0.2) is 18.2 Å². The highest BCUT2D eigenvalue weighted by Gasteiger charge is 2.31. The van der Waals surface area contributed by atoms with Gasteiger partial charge < -0.3 is 16.2 Å². The van der Waals surface area contributed by atoms with Gasteiger partial charge in [-0.3, -0.25) is 0 Å². The third-order valence-corrected chi connectivity index (χ3v) is 4.39. The molecule has 0 heterocycles. The lowest BCUT2D eigenvalue weighted by Crippen LogP contribution is -2.25. The van der Waals surface area contributed by atoms with Gasteiger partial charge in [-0.25, -0.2) is 4.79 Å². The fourth-order valence-corrected chi connectivity index (χ4v) is 3.04. The van der Waals surface area contributed by atoms with E-state index in [1.807, 2.05) is 0 Å². The summed E-state index contributed by atoms with van der Waals surface area (Å²) in [6, 6.07) is 5.21. The summed E-state index contributed by atoms with van der Waals surface area (Å²) in [4.78, 5) is 11.0. The minimum atomic E-state index is -0.922. The lowest BCUT2D eigenvalue weighted by atomic mass is 9.93. The molecular formula is C15H22N2O2. The average molecular weight is 262 g/mol. The molecule has 1 aliphatic rings. The van der Waals surface area contributed by atoms with E-state index in [0.717, 1.165) is 18.0 Å². The third-order valence-electron chi connectivity index (χ3n) is 4.39. The van der Waals surface area contributed by atoms with E-state index in [1.54, 1.807) is 12.1 Å². The van der Waals surface area contributed by atoms with Gasteiger partial charge >= 0.3 is 5.97 Å². The molecule has 3 unspecified atom stereocenters.